The summed E-state index contributed by atoms with van der Waals surface area (Å²) in [6.07, 6.45) is 5.10. The van der Waals surface area contributed by atoms with Crippen LogP contribution in [0.5, 0.6) is 5.75 Å². The quantitative estimate of drug-likeness (QED) is 0.428. The lowest BCUT2D eigenvalue weighted by Gasteiger charge is -2.32. The standard InChI is InChI=1S/C29H38BrN4O3/c1-21(29(31)36)7-10-28(35)32-24-11-14-34(20-24)19-23-8-9-27(26(30)17-23)37-25-12-15-33(16-13-25)18-22-5-3-2-4-6-22/h2-6,8-10,17,21,24-25H,7,11-16,18-20H2,1H3,(H2,31,36)(H,32,35)/t21-,24-/m0/s1. The van der Waals surface area contributed by atoms with Crippen LogP contribution in [0.25, 0.3) is 0 Å². The zero-order chi connectivity index (χ0) is 26.2. The number of rotatable bonds is 11. The number of nitrogens with one attached hydrogen (secondary N) is 1. The molecule has 2 heterocycles. The van der Waals surface area contributed by atoms with Crippen molar-refractivity contribution in [3.8, 4) is 5.75 Å². The average Bonchev–Trinajstić information content (AvgIpc) is 3.32. The smallest absolute Gasteiger partial charge is 0.224 e. The molecule has 2 aromatic carbocycles. The van der Waals surface area contributed by atoms with Gasteiger partial charge >= 0.3 is 0 Å². The van der Waals surface area contributed by atoms with Crippen LogP contribution >= 0.6 is 15.9 Å². The molecule has 2 atom stereocenters. The first-order valence-corrected chi connectivity index (χ1v) is 14.0. The van der Waals surface area contributed by atoms with Gasteiger partial charge in [-0.25, -0.2) is 0 Å². The Morgan fingerprint density at radius 1 is 1.05 bits per heavy atom. The molecule has 0 spiro atoms. The summed E-state index contributed by atoms with van der Waals surface area (Å²) in [5.74, 6) is 0.0548. The summed E-state index contributed by atoms with van der Waals surface area (Å²) in [5.41, 5.74) is 7.84. The van der Waals surface area contributed by atoms with Crippen LogP contribution in [-0.4, -0.2) is 59.9 Å². The number of benzene rings is 2. The molecule has 2 aliphatic rings. The number of halogens is 1. The molecule has 2 amide bonds. The Labute approximate surface area is 228 Å². The lowest BCUT2D eigenvalue weighted by molar-refractivity contribution is -0.121. The van der Waals surface area contributed by atoms with E-state index in [1.165, 1.54) is 17.5 Å². The first-order valence-electron chi connectivity index (χ1n) is 13.2. The lowest BCUT2D eigenvalue weighted by Crippen LogP contribution is -2.37. The zero-order valence-electron chi connectivity index (χ0n) is 21.6. The van der Waals surface area contributed by atoms with E-state index >= 15 is 0 Å². The number of carbonyl (C=O) groups excluding carboxylic acids is 2. The number of piperidine rings is 1. The van der Waals surface area contributed by atoms with Gasteiger partial charge in [0.15, 0.2) is 0 Å². The van der Waals surface area contributed by atoms with Crippen molar-refractivity contribution in [3.63, 3.8) is 0 Å². The predicted molar refractivity (Wildman–Crippen MR) is 149 cm³/mol. The number of primary amides is 1. The molecule has 7 nitrogen and oxygen atoms in total. The molecule has 199 valence electrons. The number of nitrogens with zero attached hydrogens (tertiary/aromatic N) is 2. The van der Waals surface area contributed by atoms with Gasteiger partial charge in [-0.05, 0) is 64.9 Å². The minimum absolute atomic E-state index is 0.117. The average molecular weight is 571 g/mol. The summed E-state index contributed by atoms with van der Waals surface area (Å²) in [5, 5.41) is 3.05. The predicted octanol–water partition coefficient (Wildman–Crippen LogP) is 3.90. The topological polar surface area (TPSA) is 87.9 Å². The van der Waals surface area contributed by atoms with Gasteiger partial charge in [-0.3, -0.25) is 19.4 Å². The molecule has 3 N–H and O–H groups in total. The third-order valence-corrected chi connectivity index (χ3v) is 7.86. The maximum absolute atomic E-state index is 12.2. The molecule has 8 heteroatoms. The Kier molecular flexibility index (Phi) is 10.00. The van der Waals surface area contributed by atoms with Gasteiger partial charge in [0.1, 0.15) is 11.9 Å². The molecule has 0 unspecified atom stereocenters. The summed E-state index contributed by atoms with van der Waals surface area (Å²) >= 11 is 3.72. The van der Waals surface area contributed by atoms with E-state index in [2.05, 4.69) is 79.6 Å². The number of hydrogen-bond acceptors (Lipinski definition) is 5. The van der Waals surface area contributed by atoms with Crippen molar-refractivity contribution in [2.75, 3.05) is 26.2 Å². The van der Waals surface area contributed by atoms with Crippen LogP contribution in [0.3, 0.4) is 0 Å². The van der Waals surface area contributed by atoms with Gasteiger partial charge in [-0.1, -0.05) is 43.3 Å². The Morgan fingerprint density at radius 3 is 2.46 bits per heavy atom. The normalized spacial score (nSPS) is 20.0. The summed E-state index contributed by atoms with van der Waals surface area (Å²) in [4.78, 5) is 28.2. The van der Waals surface area contributed by atoms with Gasteiger partial charge in [0, 0.05) is 51.2 Å². The molecule has 0 bridgehead atoms. The summed E-state index contributed by atoms with van der Waals surface area (Å²) in [7, 11) is 0. The highest BCUT2D eigenvalue weighted by molar-refractivity contribution is 9.10. The van der Waals surface area contributed by atoms with Crippen molar-refractivity contribution in [3.05, 3.63) is 70.6 Å². The largest absolute Gasteiger partial charge is 0.489 e. The van der Waals surface area contributed by atoms with E-state index in [9.17, 15) is 9.59 Å². The van der Waals surface area contributed by atoms with Crippen LogP contribution in [0.4, 0.5) is 0 Å². The number of carbonyl (C=O) groups is 2. The molecule has 2 aliphatic heterocycles. The van der Waals surface area contributed by atoms with Crippen LogP contribution < -0.4 is 15.8 Å². The number of nitrogens with two attached hydrogens (primary N) is 1. The number of ether oxygens (including phenoxy) is 1. The highest BCUT2D eigenvalue weighted by atomic mass is 79.9. The Bertz CT molecular complexity index is 1040. The Balaban J connectivity index is 1.18. The molecule has 0 aliphatic carbocycles. The molecular formula is C29H38BrN4O3. The van der Waals surface area contributed by atoms with Gasteiger partial charge in [0.25, 0.3) is 0 Å². The maximum atomic E-state index is 12.2. The van der Waals surface area contributed by atoms with Gasteiger partial charge in [-0.2, -0.15) is 0 Å². The van der Waals surface area contributed by atoms with Gasteiger partial charge in [-0.15, -0.1) is 0 Å². The molecule has 1 radical (unpaired) electrons. The first kappa shape index (κ1) is 27.6. The monoisotopic (exact) mass is 569 g/mol. The third kappa shape index (κ3) is 8.55. The highest BCUT2D eigenvalue weighted by Gasteiger charge is 2.25. The summed E-state index contributed by atoms with van der Waals surface area (Å²) < 4.78 is 7.34. The molecule has 0 aromatic heterocycles. The minimum atomic E-state index is -0.386. The second kappa shape index (κ2) is 13.4. The second-order valence-corrected chi connectivity index (χ2v) is 11.2. The molecule has 37 heavy (non-hydrogen) atoms. The fraction of sp³-hybridized carbons (Fsp3) is 0.483. The van der Waals surface area contributed by atoms with E-state index in [4.69, 9.17) is 10.5 Å². The van der Waals surface area contributed by atoms with Crippen molar-refractivity contribution in [1.29, 1.82) is 0 Å². The Hall–Kier alpha value is -2.42. The lowest BCUT2D eigenvalue weighted by atomic mass is 10.0. The SMILES string of the molecule is C[C@@H](C[CH]C(=O)N[C@H]1CCN(Cc2ccc(OC3CCN(Cc4ccccc4)CC3)c(Br)c2)C1)C(N)=O. The van der Waals surface area contributed by atoms with Crippen molar-refractivity contribution >= 4 is 27.7 Å². The Morgan fingerprint density at radius 2 is 1.76 bits per heavy atom. The van der Waals surface area contributed by atoms with Crippen LogP contribution in [0.2, 0.25) is 0 Å². The van der Waals surface area contributed by atoms with Crippen LogP contribution in [-0.2, 0) is 22.7 Å². The fourth-order valence-electron chi connectivity index (χ4n) is 4.96. The van der Waals surface area contributed by atoms with Crippen molar-refractivity contribution in [2.45, 2.75) is 57.8 Å². The van der Waals surface area contributed by atoms with Crippen LogP contribution in [0.1, 0.15) is 43.7 Å². The third-order valence-electron chi connectivity index (χ3n) is 7.24. The fourth-order valence-corrected chi connectivity index (χ4v) is 5.48. The highest BCUT2D eigenvalue weighted by Crippen LogP contribution is 2.30. The van der Waals surface area contributed by atoms with Crippen LogP contribution in [0.15, 0.2) is 53.0 Å². The summed E-state index contributed by atoms with van der Waals surface area (Å²) in [6.45, 7) is 7.38. The van der Waals surface area contributed by atoms with Crippen molar-refractivity contribution in [2.24, 2.45) is 11.7 Å². The molecule has 2 fully saturated rings. The van der Waals surface area contributed by atoms with Gasteiger partial charge in [0.2, 0.25) is 11.8 Å². The van der Waals surface area contributed by atoms with Crippen molar-refractivity contribution < 1.29 is 14.3 Å². The molecular weight excluding hydrogens is 532 g/mol. The number of likely N-dealkylation sites (tertiary alicyclic amines) is 2. The van der Waals surface area contributed by atoms with E-state index in [1.54, 1.807) is 6.92 Å². The number of hydrogen-bond donors (Lipinski definition) is 2. The first-order chi connectivity index (χ1) is 17.9. The summed E-state index contributed by atoms with van der Waals surface area (Å²) in [6, 6.07) is 17.1. The molecule has 2 aromatic rings. The molecule has 4 rings (SSSR count). The second-order valence-electron chi connectivity index (χ2n) is 10.3. The minimum Gasteiger partial charge on any atom is -0.489 e. The van der Waals surface area contributed by atoms with E-state index in [0.29, 0.717) is 6.42 Å². The van der Waals surface area contributed by atoms with E-state index < -0.39 is 0 Å². The maximum Gasteiger partial charge on any atom is 0.224 e. The van der Waals surface area contributed by atoms with Crippen molar-refractivity contribution in [1.82, 2.24) is 15.1 Å². The molecule has 0 saturated carbocycles. The van der Waals surface area contributed by atoms with E-state index in [-0.39, 0.29) is 29.9 Å². The van der Waals surface area contributed by atoms with E-state index in [1.807, 2.05) is 0 Å². The van der Waals surface area contributed by atoms with Gasteiger partial charge < -0.3 is 15.8 Å². The van der Waals surface area contributed by atoms with E-state index in [0.717, 1.165) is 68.8 Å². The zero-order valence-corrected chi connectivity index (χ0v) is 23.2. The number of amides is 2. The van der Waals surface area contributed by atoms with Gasteiger partial charge in [0.05, 0.1) is 10.9 Å². The molecule has 2 saturated heterocycles. The van der Waals surface area contributed by atoms with Crippen LogP contribution in [0, 0.1) is 12.3 Å².